The monoisotopic (exact) mass is 177 g/mol. The van der Waals surface area contributed by atoms with Crippen LogP contribution in [0, 0.1) is 13.8 Å². The van der Waals surface area contributed by atoms with Crippen LogP contribution in [0.2, 0.25) is 0 Å². The molecular formula is C11H15NO. The Morgan fingerprint density at radius 1 is 1.38 bits per heavy atom. The molecule has 0 amide bonds. The van der Waals surface area contributed by atoms with Crippen LogP contribution < -0.4 is 5.32 Å². The first-order chi connectivity index (χ1) is 6.27. The average Bonchev–Trinajstić information content (AvgIpc) is 2.87. The minimum atomic E-state index is 0.444. The minimum absolute atomic E-state index is 0.444. The van der Waals surface area contributed by atoms with Crippen LogP contribution in [0.4, 0.5) is 5.69 Å². The van der Waals surface area contributed by atoms with Crippen LogP contribution in [0.1, 0.15) is 11.1 Å². The van der Waals surface area contributed by atoms with Gasteiger partial charge in [0.25, 0.3) is 0 Å². The summed E-state index contributed by atoms with van der Waals surface area (Å²) in [6, 6.07) is 6.34. The van der Waals surface area contributed by atoms with Crippen LogP contribution >= 0.6 is 0 Å². The lowest BCUT2D eigenvalue weighted by molar-refractivity contribution is 0.416. The van der Waals surface area contributed by atoms with E-state index in [1.54, 1.807) is 0 Å². The number of para-hydroxylation sites is 1. The van der Waals surface area contributed by atoms with E-state index in [0.29, 0.717) is 6.10 Å². The topological polar surface area (TPSA) is 24.6 Å². The minimum Gasteiger partial charge on any atom is -0.382 e. The van der Waals surface area contributed by atoms with Gasteiger partial charge in [-0.1, -0.05) is 18.2 Å². The number of ether oxygens (including phenoxy) is 1. The number of benzene rings is 1. The molecule has 1 heterocycles. The lowest BCUT2D eigenvalue weighted by Crippen LogP contribution is -2.09. The van der Waals surface area contributed by atoms with Crippen molar-refractivity contribution in [1.29, 1.82) is 0 Å². The second-order valence-corrected chi connectivity index (χ2v) is 3.60. The van der Waals surface area contributed by atoms with Crippen LogP contribution in [-0.2, 0) is 4.74 Å². The van der Waals surface area contributed by atoms with Gasteiger partial charge in [-0.15, -0.1) is 0 Å². The third kappa shape index (κ3) is 2.01. The SMILES string of the molecule is Cc1cccc(C)c1NCC1CO1. The zero-order valence-corrected chi connectivity index (χ0v) is 8.13. The first kappa shape index (κ1) is 8.57. The maximum atomic E-state index is 5.15. The Morgan fingerprint density at radius 3 is 2.54 bits per heavy atom. The summed E-state index contributed by atoms with van der Waals surface area (Å²) in [5.41, 5.74) is 3.87. The van der Waals surface area contributed by atoms with Crippen molar-refractivity contribution in [1.82, 2.24) is 0 Å². The molecule has 2 rings (SSSR count). The molecule has 1 aromatic carbocycles. The normalized spacial score (nSPS) is 20.0. The number of rotatable bonds is 3. The van der Waals surface area contributed by atoms with Crippen LogP contribution in [0.3, 0.4) is 0 Å². The Labute approximate surface area is 78.9 Å². The summed E-state index contributed by atoms with van der Waals surface area (Å²) in [6.07, 6.45) is 0.444. The molecule has 1 saturated heterocycles. The molecular weight excluding hydrogens is 162 g/mol. The summed E-state index contributed by atoms with van der Waals surface area (Å²) in [7, 11) is 0. The van der Waals surface area contributed by atoms with E-state index < -0.39 is 0 Å². The zero-order valence-electron chi connectivity index (χ0n) is 8.13. The van der Waals surface area contributed by atoms with E-state index in [9.17, 15) is 0 Å². The Morgan fingerprint density at radius 2 is 2.00 bits per heavy atom. The number of epoxide rings is 1. The molecule has 1 aromatic rings. The van der Waals surface area contributed by atoms with Gasteiger partial charge in [0, 0.05) is 12.2 Å². The van der Waals surface area contributed by atoms with Gasteiger partial charge >= 0.3 is 0 Å². The van der Waals surface area contributed by atoms with Gasteiger partial charge in [0.15, 0.2) is 0 Å². The summed E-state index contributed by atoms with van der Waals surface area (Å²) in [5, 5.41) is 3.42. The summed E-state index contributed by atoms with van der Waals surface area (Å²) >= 11 is 0. The van der Waals surface area contributed by atoms with Gasteiger partial charge in [-0.25, -0.2) is 0 Å². The maximum Gasteiger partial charge on any atom is 0.0981 e. The molecule has 2 heteroatoms. The van der Waals surface area contributed by atoms with E-state index >= 15 is 0 Å². The molecule has 1 aliphatic heterocycles. The molecule has 1 fully saturated rings. The fourth-order valence-electron chi connectivity index (χ4n) is 1.50. The standard InChI is InChI=1S/C11H15NO/c1-8-4-3-5-9(2)11(8)12-6-10-7-13-10/h3-5,10,12H,6-7H2,1-2H3. The molecule has 0 aliphatic carbocycles. The first-order valence-corrected chi connectivity index (χ1v) is 4.69. The summed E-state index contributed by atoms with van der Waals surface area (Å²) in [5.74, 6) is 0. The van der Waals surface area contributed by atoms with Gasteiger partial charge in [0.1, 0.15) is 0 Å². The molecule has 70 valence electrons. The zero-order chi connectivity index (χ0) is 9.26. The predicted octanol–water partition coefficient (Wildman–Crippen LogP) is 2.11. The van der Waals surface area contributed by atoms with Gasteiger partial charge in [-0.05, 0) is 25.0 Å². The molecule has 2 nitrogen and oxygen atoms in total. The molecule has 0 aromatic heterocycles. The number of aryl methyl sites for hydroxylation is 2. The van der Waals surface area contributed by atoms with Crippen LogP contribution in [0.15, 0.2) is 18.2 Å². The van der Waals surface area contributed by atoms with Gasteiger partial charge < -0.3 is 10.1 Å². The second-order valence-electron chi connectivity index (χ2n) is 3.60. The number of hydrogen-bond acceptors (Lipinski definition) is 2. The molecule has 13 heavy (non-hydrogen) atoms. The molecule has 1 atom stereocenters. The largest absolute Gasteiger partial charge is 0.382 e. The van der Waals surface area contributed by atoms with Gasteiger partial charge in [0.05, 0.1) is 12.7 Å². The van der Waals surface area contributed by atoms with Crippen molar-refractivity contribution >= 4 is 5.69 Å². The average molecular weight is 177 g/mol. The Balaban J connectivity index is 2.07. The van der Waals surface area contributed by atoms with Gasteiger partial charge in [-0.2, -0.15) is 0 Å². The quantitative estimate of drug-likeness (QED) is 0.715. The summed E-state index contributed by atoms with van der Waals surface area (Å²) in [4.78, 5) is 0. The van der Waals surface area contributed by atoms with Crippen molar-refractivity contribution < 1.29 is 4.74 Å². The van der Waals surface area contributed by atoms with Crippen molar-refractivity contribution in [3.63, 3.8) is 0 Å². The summed E-state index contributed by atoms with van der Waals surface area (Å²) < 4.78 is 5.15. The highest BCUT2D eigenvalue weighted by Crippen LogP contribution is 2.20. The van der Waals surface area contributed by atoms with Crippen LogP contribution in [-0.4, -0.2) is 19.3 Å². The highest BCUT2D eigenvalue weighted by Gasteiger charge is 2.21. The number of anilines is 1. The van der Waals surface area contributed by atoms with Crippen molar-refractivity contribution in [2.24, 2.45) is 0 Å². The van der Waals surface area contributed by atoms with E-state index in [1.165, 1.54) is 16.8 Å². The number of hydrogen-bond donors (Lipinski definition) is 1. The maximum absolute atomic E-state index is 5.15. The predicted molar refractivity (Wildman–Crippen MR) is 54.1 cm³/mol. The summed E-state index contributed by atoms with van der Waals surface area (Å²) in [6.45, 7) is 6.11. The van der Waals surface area contributed by atoms with Crippen molar-refractivity contribution in [2.75, 3.05) is 18.5 Å². The second kappa shape index (κ2) is 3.38. The van der Waals surface area contributed by atoms with E-state index in [-0.39, 0.29) is 0 Å². The lowest BCUT2D eigenvalue weighted by atomic mass is 10.1. The van der Waals surface area contributed by atoms with Crippen molar-refractivity contribution in [3.05, 3.63) is 29.3 Å². The van der Waals surface area contributed by atoms with E-state index in [4.69, 9.17) is 4.74 Å². The Kier molecular flexibility index (Phi) is 2.23. The fraction of sp³-hybridized carbons (Fsp3) is 0.455. The Bertz CT molecular complexity index is 285. The molecule has 1 aliphatic rings. The molecule has 1 N–H and O–H groups in total. The van der Waals surface area contributed by atoms with Crippen LogP contribution in [0.25, 0.3) is 0 Å². The molecule has 0 spiro atoms. The van der Waals surface area contributed by atoms with Gasteiger partial charge in [-0.3, -0.25) is 0 Å². The van der Waals surface area contributed by atoms with E-state index in [0.717, 1.165) is 13.2 Å². The Hall–Kier alpha value is -1.02. The van der Waals surface area contributed by atoms with Gasteiger partial charge in [0.2, 0.25) is 0 Å². The van der Waals surface area contributed by atoms with E-state index in [2.05, 4.69) is 37.4 Å². The van der Waals surface area contributed by atoms with Crippen LogP contribution in [0.5, 0.6) is 0 Å². The fourth-order valence-corrected chi connectivity index (χ4v) is 1.50. The highest BCUT2D eigenvalue weighted by molar-refractivity contribution is 5.56. The third-order valence-electron chi connectivity index (χ3n) is 2.39. The molecule has 1 unspecified atom stereocenters. The molecule has 0 radical (unpaired) electrons. The highest BCUT2D eigenvalue weighted by atomic mass is 16.6. The van der Waals surface area contributed by atoms with E-state index in [1.807, 2.05) is 0 Å². The molecule has 0 saturated carbocycles. The van der Waals surface area contributed by atoms with Crippen molar-refractivity contribution in [3.8, 4) is 0 Å². The smallest absolute Gasteiger partial charge is 0.0981 e. The number of nitrogens with one attached hydrogen (secondary N) is 1. The lowest BCUT2D eigenvalue weighted by Gasteiger charge is -2.10. The molecule has 0 bridgehead atoms. The van der Waals surface area contributed by atoms with Crippen molar-refractivity contribution in [2.45, 2.75) is 20.0 Å². The third-order valence-corrected chi connectivity index (χ3v) is 2.39. The first-order valence-electron chi connectivity index (χ1n) is 4.69.